The molecule has 0 radical (unpaired) electrons. The normalized spacial score (nSPS) is 9.90. The van der Waals surface area contributed by atoms with Crippen LogP contribution in [0.15, 0.2) is 21.2 Å². The highest BCUT2D eigenvalue weighted by Gasteiger charge is 1.95. The minimum Gasteiger partial charge on any atom is -0.390 e. The van der Waals surface area contributed by atoms with E-state index in [2.05, 4.69) is 36.8 Å². The topological polar surface area (TPSA) is 33.1 Å². The maximum atomic E-state index is 8.68. The van der Waals surface area contributed by atoms with Gasteiger partial charge in [-0.25, -0.2) is 4.98 Å². The number of aliphatic hydroxyl groups excluding tert-OH is 1. The summed E-state index contributed by atoms with van der Waals surface area (Å²) < 4.78 is 1.64. The van der Waals surface area contributed by atoms with Gasteiger partial charge in [-0.05, 0) is 28.1 Å². The van der Waals surface area contributed by atoms with Gasteiger partial charge in [0.15, 0.2) is 0 Å². The predicted octanol–water partition coefficient (Wildman–Crippen LogP) is 2.10. The van der Waals surface area contributed by atoms with Crippen molar-refractivity contribution in [3.63, 3.8) is 0 Å². The number of halogens is 2. The molecule has 0 unspecified atom stereocenters. The Balaban J connectivity index is 3.06. The summed E-state index contributed by atoms with van der Waals surface area (Å²) in [6, 6.07) is 3.59. The van der Waals surface area contributed by atoms with Crippen LogP contribution in [0.2, 0.25) is 0 Å². The van der Waals surface area contributed by atoms with Gasteiger partial charge in [-0.3, -0.25) is 0 Å². The molecule has 0 bridgehead atoms. The molecule has 0 saturated heterocycles. The lowest BCUT2D eigenvalue weighted by molar-refractivity contribution is 0.276. The van der Waals surface area contributed by atoms with Crippen LogP contribution in [0.4, 0.5) is 0 Å². The molecule has 1 heterocycles. The molecule has 1 N–H and O–H groups in total. The third-order valence-corrected chi connectivity index (χ3v) is 1.84. The Bertz CT molecular complexity index is 219. The molecular formula is C6H5Br2NO. The molecule has 1 aromatic heterocycles. The number of nitrogens with zero attached hydrogens (tertiary/aromatic N) is 1. The molecule has 0 amide bonds. The van der Waals surface area contributed by atoms with E-state index < -0.39 is 0 Å². The van der Waals surface area contributed by atoms with Gasteiger partial charge in [0.25, 0.3) is 0 Å². The fraction of sp³-hybridized carbons (Fsp3) is 0.167. The van der Waals surface area contributed by atoms with Gasteiger partial charge in [0.1, 0.15) is 4.60 Å². The van der Waals surface area contributed by atoms with Crippen LogP contribution in [0.3, 0.4) is 0 Å². The lowest BCUT2D eigenvalue weighted by Crippen LogP contribution is -1.88. The zero-order valence-electron chi connectivity index (χ0n) is 5.01. The molecule has 1 rings (SSSR count). The smallest absolute Gasteiger partial charge is 0.107 e. The summed E-state index contributed by atoms with van der Waals surface area (Å²) in [5, 5.41) is 8.68. The van der Waals surface area contributed by atoms with Gasteiger partial charge < -0.3 is 5.11 Å². The van der Waals surface area contributed by atoms with Crippen LogP contribution in [-0.2, 0) is 6.61 Å². The molecule has 4 heteroatoms. The van der Waals surface area contributed by atoms with Crippen LogP contribution in [0, 0.1) is 0 Å². The van der Waals surface area contributed by atoms with Crippen molar-refractivity contribution < 1.29 is 5.11 Å². The summed E-state index contributed by atoms with van der Waals surface area (Å²) in [6.07, 6.45) is 0. The number of hydrogen-bond donors (Lipinski definition) is 1. The first-order chi connectivity index (χ1) is 4.72. The second-order valence-electron chi connectivity index (χ2n) is 1.76. The van der Waals surface area contributed by atoms with Crippen molar-refractivity contribution >= 4 is 31.9 Å². The molecule has 10 heavy (non-hydrogen) atoms. The van der Waals surface area contributed by atoms with E-state index in [1.165, 1.54) is 0 Å². The van der Waals surface area contributed by atoms with Gasteiger partial charge in [-0.2, -0.15) is 0 Å². The number of aromatic nitrogens is 1. The zero-order valence-corrected chi connectivity index (χ0v) is 8.18. The highest BCUT2D eigenvalue weighted by molar-refractivity contribution is 9.11. The number of hydrogen-bond acceptors (Lipinski definition) is 2. The van der Waals surface area contributed by atoms with Crippen molar-refractivity contribution in [3.05, 3.63) is 26.9 Å². The van der Waals surface area contributed by atoms with Gasteiger partial charge in [0, 0.05) is 4.47 Å². The molecule has 0 saturated carbocycles. The van der Waals surface area contributed by atoms with Crippen molar-refractivity contribution in [3.8, 4) is 0 Å². The van der Waals surface area contributed by atoms with Crippen molar-refractivity contribution in [2.45, 2.75) is 6.61 Å². The zero-order chi connectivity index (χ0) is 7.56. The van der Waals surface area contributed by atoms with E-state index in [0.29, 0.717) is 5.69 Å². The molecule has 2 nitrogen and oxygen atoms in total. The first-order valence-corrected chi connectivity index (χ1v) is 4.24. The monoisotopic (exact) mass is 265 g/mol. The molecule has 0 fully saturated rings. The highest BCUT2D eigenvalue weighted by Crippen LogP contribution is 2.16. The van der Waals surface area contributed by atoms with E-state index >= 15 is 0 Å². The lowest BCUT2D eigenvalue weighted by atomic mass is 10.4. The second kappa shape index (κ2) is 3.46. The Morgan fingerprint density at radius 2 is 2.10 bits per heavy atom. The van der Waals surface area contributed by atoms with Crippen LogP contribution in [-0.4, -0.2) is 10.1 Å². The molecule has 0 aliphatic carbocycles. The van der Waals surface area contributed by atoms with Crippen molar-refractivity contribution in [2.75, 3.05) is 0 Å². The van der Waals surface area contributed by atoms with Gasteiger partial charge >= 0.3 is 0 Å². The molecule has 0 aliphatic heterocycles. The minimum atomic E-state index is -0.0297. The van der Waals surface area contributed by atoms with Crippen LogP contribution in [0.25, 0.3) is 0 Å². The van der Waals surface area contributed by atoms with Crippen LogP contribution in [0.1, 0.15) is 5.69 Å². The Morgan fingerprint density at radius 1 is 1.40 bits per heavy atom. The quantitative estimate of drug-likeness (QED) is 0.790. The SMILES string of the molecule is OCc1cc(Br)cc(Br)n1. The maximum Gasteiger partial charge on any atom is 0.107 e. The Hall–Kier alpha value is 0.0700. The molecule has 1 aromatic rings. The van der Waals surface area contributed by atoms with E-state index in [-0.39, 0.29) is 6.61 Å². The Kier molecular flexibility index (Phi) is 2.82. The molecule has 0 aromatic carbocycles. The Labute approximate surface area is 75.5 Å². The van der Waals surface area contributed by atoms with Gasteiger partial charge in [-0.1, -0.05) is 15.9 Å². The lowest BCUT2D eigenvalue weighted by Gasteiger charge is -1.96. The summed E-state index contributed by atoms with van der Waals surface area (Å²) >= 11 is 6.47. The largest absolute Gasteiger partial charge is 0.390 e. The van der Waals surface area contributed by atoms with E-state index in [1.54, 1.807) is 6.07 Å². The summed E-state index contributed by atoms with van der Waals surface area (Å²) in [4.78, 5) is 3.99. The Morgan fingerprint density at radius 3 is 2.60 bits per heavy atom. The molecular weight excluding hydrogens is 262 g/mol. The van der Waals surface area contributed by atoms with Crippen LogP contribution < -0.4 is 0 Å². The predicted molar refractivity (Wildman–Crippen MR) is 45.6 cm³/mol. The van der Waals surface area contributed by atoms with Crippen molar-refractivity contribution in [1.29, 1.82) is 0 Å². The summed E-state index contributed by atoms with van der Waals surface area (Å²) in [6.45, 7) is -0.0297. The van der Waals surface area contributed by atoms with Crippen molar-refractivity contribution in [1.82, 2.24) is 4.98 Å². The van der Waals surface area contributed by atoms with Gasteiger partial charge in [-0.15, -0.1) is 0 Å². The number of rotatable bonds is 1. The third-order valence-electron chi connectivity index (χ3n) is 0.974. The highest BCUT2D eigenvalue weighted by atomic mass is 79.9. The minimum absolute atomic E-state index is 0.0297. The number of aliphatic hydroxyl groups is 1. The average molecular weight is 267 g/mol. The average Bonchev–Trinajstić information content (AvgIpc) is 1.85. The van der Waals surface area contributed by atoms with Crippen LogP contribution in [0.5, 0.6) is 0 Å². The molecule has 0 aliphatic rings. The first kappa shape index (κ1) is 8.17. The summed E-state index contributed by atoms with van der Waals surface area (Å²) in [5.74, 6) is 0. The maximum absolute atomic E-state index is 8.68. The van der Waals surface area contributed by atoms with Gasteiger partial charge in [0.05, 0.1) is 12.3 Å². The molecule has 0 atom stereocenters. The standard InChI is InChI=1S/C6H5Br2NO/c7-4-1-5(3-10)9-6(8)2-4/h1-2,10H,3H2. The molecule has 54 valence electrons. The van der Waals surface area contributed by atoms with E-state index in [9.17, 15) is 0 Å². The van der Waals surface area contributed by atoms with E-state index in [0.717, 1.165) is 9.08 Å². The van der Waals surface area contributed by atoms with E-state index in [4.69, 9.17) is 5.11 Å². The first-order valence-electron chi connectivity index (χ1n) is 2.65. The second-order valence-corrected chi connectivity index (χ2v) is 3.49. The molecule has 0 spiro atoms. The van der Waals surface area contributed by atoms with Crippen LogP contribution >= 0.6 is 31.9 Å². The van der Waals surface area contributed by atoms with Gasteiger partial charge in [0.2, 0.25) is 0 Å². The fourth-order valence-corrected chi connectivity index (χ4v) is 1.86. The van der Waals surface area contributed by atoms with Crippen molar-refractivity contribution in [2.24, 2.45) is 0 Å². The third kappa shape index (κ3) is 2.04. The summed E-state index contributed by atoms with van der Waals surface area (Å²) in [7, 11) is 0. The number of pyridine rings is 1. The fourth-order valence-electron chi connectivity index (χ4n) is 0.597. The van der Waals surface area contributed by atoms with E-state index in [1.807, 2.05) is 6.07 Å². The summed E-state index contributed by atoms with van der Waals surface area (Å²) in [5.41, 5.74) is 0.654.